The summed E-state index contributed by atoms with van der Waals surface area (Å²) in [5.41, 5.74) is 6.78. The molecule has 3 atom stereocenters. The minimum Gasteiger partial charge on any atom is -0.329 e. The summed E-state index contributed by atoms with van der Waals surface area (Å²) in [7, 11) is 0. The van der Waals surface area contributed by atoms with Gasteiger partial charge in [-0.3, -0.25) is 0 Å². The molecule has 0 spiro atoms. The molecule has 18 heavy (non-hydrogen) atoms. The quantitative estimate of drug-likeness (QED) is 0.819. The van der Waals surface area contributed by atoms with Crippen LogP contribution in [0.25, 0.3) is 0 Å². The van der Waals surface area contributed by atoms with Crippen molar-refractivity contribution >= 4 is 0 Å². The second-order valence-electron chi connectivity index (χ2n) is 5.14. The zero-order chi connectivity index (χ0) is 13.1. The molecule has 0 amide bonds. The molecule has 0 aromatic heterocycles. The van der Waals surface area contributed by atoms with Crippen LogP contribution in [0, 0.1) is 11.8 Å². The zero-order valence-electron chi connectivity index (χ0n) is 10.6. The van der Waals surface area contributed by atoms with Crippen LogP contribution < -0.4 is 11.1 Å². The van der Waals surface area contributed by atoms with Gasteiger partial charge < -0.3 is 11.1 Å². The van der Waals surface area contributed by atoms with Gasteiger partial charge in [0.25, 0.3) is 6.43 Å². The van der Waals surface area contributed by atoms with E-state index in [-0.39, 0.29) is 11.6 Å². The van der Waals surface area contributed by atoms with Gasteiger partial charge in [0, 0.05) is 18.2 Å². The van der Waals surface area contributed by atoms with Crippen LogP contribution in [-0.2, 0) is 0 Å². The van der Waals surface area contributed by atoms with Crippen LogP contribution in [0.2, 0.25) is 0 Å². The molecular formula is C14H20F2N2. The summed E-state index contributed by atoms with van der Waals surface area (Å²) in [6.45, 7) is 3.68. The molecule has 100 valence electrons. The first-order valence-electron chi connectivity index (χ1n) is 6.43. The van der Waals surface area contributed by atoms with Gasteiger partial charge in [-0.2, -0.15) is 0 Å². The molecule has 1 aromatic rings. The van der Waals surface area contributed by atoms with E-state index in [9.17, 15) is 8.78 Å². The average molecular weight is 254 g/mol. The largest absolute Gasteiger partial charge is 0.329 e. The highest BCUT2D eigenvalue weighted by molar-refractivity contribution is 5.26. The molecular weight excluding hydrogens is 234 g/mol. The van der Waals surface area contributed by atoms with Crippen molar-refractivity contribution in [3.8, 4) is 0 Å². The van der Waals surface area contributed by atoms with Crippen LogP contribution in [0.1, 0.15) is 36.9 Å². The molecule has 1 aliphatic rings. The number of hydrogen-bond donors (Lipinski definition) is 2. The maximum absolute atomic E-state index is 12.4. The molecule has 1 aromatic carbocycles. The molecule has 0 heterocycles. The summed E-state index contributed by atoms with van der Waals surface area (Å²) in [5, 5.41) is 3.41. The van der Waals surface area contributed by atoms with Crippen molar-refractivity contribution < 1.29 is 8.78 Å². The maximum atomic E-state index is 12.4. The summed E-state index contributed by atoms with van der Waals surface area (Å²) in [4.78, 5) is 0. The van der Waals surface area contributed by atoms with Crippen LogP contribution in [0.15, 0.2) is 24.3 Å². The normalized spacial score (nSPS) is 24.3. The van der Waals surface area contributed by atoms with Gasteiger partial charge in [0.05, 0.1) is 0 Å². The lowest BCUT2D eigenvalue weighted by atomic mass is 10.0. The number of benzene rings is 1. The van der Waals surface area contributed by atoms with Crippen molar-refractivity contribution in [2.75, 3.05) is 13.1 Å². The third-order valence-corrected chi connectivity index (χ3v) is 3.73. The second-order valence-corrected chi connectivity index (χ2v) is 5.14. The second kappa shape index (κ2) is 5.76. The molecule has 4 heteroatoms. The fraction of sp³-hybridized carbons (Fsp3) is 0.571. The lowest BCUT2D eigenvalue weighted by Gasteiger charge is -2.17. The Labute approximate surface area is 107 Å². The SMILES string of the molecule is CC1CC1CNC(CN)c1ccc(C(F)F)cc1. The monoisotopic (exact) mass is 254 g/mol. The summed E-state index contributed by atoms with van der Waals surface area (Å²) < 4.78 is 24.9. The van der Waals surface area contributed by atoms with Gasteiger partial charge in [-0.1, -0.05) is 31.2 Å². The number of hydrogen-bond acceptors (Lipinski definition) is 2. The van der Waals surface area contributed by atoms with E-state index >= 15 is 0 Å². The van der Waals surface area contributed by atoms with Crippen molar-refractivity contribution in [1.29, 1.82) is 0 Å². The minimum absolute atomic E-state index is 0.0597. The van der Waals surface area contributed by atoms with Crippen molar-refractivity contribution in [3.05, 3.63) is 35.4 Å². The number of nitrogens with two attached hydrogens (primary N) is 1. The minimum atomic E-state index is -2.41. The highest BCUT2D eigenvalue weighted by Gasteiger charge is 2.32. The highest BCUT2D eigenvalue weighted by atomic mass is 19.3. The van der Waals surface area contributed by atoms with E-state index < -0.39 is 6.43 Å². The predicted molar refractivity (Wildman–Crippen MR) is 68.5 cm³/mol. The van der Waals surface area contributed by atoms with Crippen molar-refractivity contribution in [1.82, 2.24) is 5.32 Å². The van der Waals surface area contributed by atoms with Crippen LogP contribution >= 0.6 is 0 Å². The van der Waals surface area contributed by atoms with Crippen LogP contribution in [0.3, 0.4) is 0 Å². The molecule has 1 saturated carbocycles. The van der Waals surface area contributed by atoms with E-state index in [0.29, 0.717) is 6.54 Å². The van der Waals surface area contributed by atoms with Crippen molar-refractivity contribution in [2.45, 2.75) is 25.8 Å². The van der Waals surface area contributed by atoms with E-state index in [2.05, 4.69) is 12.2 Å². The average Bonchev–Trinajstić information content (AvgIpc) is 3.07. The predicted octanol–water partition coefficient (Wildman–Crippen LogP) is 2.87. The standard InChI is InChI=1S/C14H20F2N2/c1-9-6-12(9)8-18-13(7-17)10-2-4-11(5-3-10)14(15)16/h2-5,9,12-14,18H,6-8,17H2,1H3. The highest BCUT2D eigenvalue weighted by Crippen LogP contribution is 2.37. The van der Waals surface area contributed by atoms with Crippen molar-refractivity contribution in [3.63, 3.8) is 0 Å². The number of alkyl halides is 2. The zero-order valence-corrected chi connectivity index (χ0v) is 10.6. The number of nitrogens with one attached hydrogen (secondary N) is 1. The number of halogens is 2. The topological polar surface area (TPSA) is 38.0 Å². The van der Waals surface area contributed by atoms with Gasteiger partial charge in [0.15, 0.2) is 0 Å². The molecule has 1 aliphatic carbocycles. The Kier molecular flexibility index (Phi) is 4.30. The summed E-state index contributed by atoms with van der Waals surface area (Å²) in [6.07, 6.45) is -1.13. The van der Waals surface area contributed by atoms with Gasteiger partial charge in [0.1, 0.15) is 0 Å². The Balaban J connectivity index is 1.93. The van der Waals surface area contributed by atoms with E-state index in [0.717, 1.165) is 23.9 Å². The molecule has 0 radical (unpaired) electrons. The Morgan fingerprint density at radius 2 is 1.83 bits per heavy atom. The van der Waals surface area contributed by atoms with Gasteiger partial charge in [-0.05, 0) is 30.4 Å². The van der Waals surface area contributed by atoms with E-state index in [1.54, 1.807) is 12.1 Å². The fourth-order valence-corrected chi connectivity index (χ4v) is 2.19. The molecule has 2 nitrogen and oxygen atoms in total. The van der Waals surface area contributed by atoms with Crippen LogP contribution in [0.4, 0.5) is 8.78 Å². The van der Waals surface area contributed by atoms with E-state index in [4.69, 9.17) is 5.73 Å². The third-order valence-electron chi connectivity index (χ3n) is 3.73. The Hall–Kier alpha value is -1.00. The Morgan fingerprint density at radius 1 is 1.28 bits per heavy atom. The molecule has 0 saturated heterocycles. The summed E-state index contributed by atoms with van der Waals surface area (Å²) in [5.74, 6) is 1.55. The third kappa shape index (κ3) is 3.27. The molecule has 2 rings (SSSR count). The van der Waals surface area contributed by atoms with Gasteiger partial charge >= 0.3 is 0 Å². The van der Waals surface area contributed by atoms with Crippen LogP contribution in [-0.4, -0.2) is 13.1 Å². The molecule has 0 aliphatic heterocycles. The van der Waals surface area contributed by atoms with Gasteiger partial charge in [0.2, 0.25) is 0 Å². The molecule has 3 N–H and O–H groups in total. The van der Waals surface area contributed by atoms with E-state index in [1.807, 2.05) is 0 Å². The van der Waals surface area contributed by atoms with Gasteiger partial charge in [-0.25, -0.2) is 8.78 Å². The summed E-state index contributed by atoms with van der Waals surface area (Å²) >= 11 is 0. The Morgan fingerprint density at radius 3 is 2.28 bits per heavy atom. The maximum Gasteiger partial charge on any atom is 0.263 e. The molecule has 3 unspecified atom stereocenters. The van der Waals surface area contributed by atoms with Crippen molar-refractivity contribution in [2.24, 2.45) is 17.6 Å². The lowest BCUT2D eigenvalue weighted by molar-refractivity contribution is 0.151. The Bertz CT molecular complexity index is 378. The van der Waals surface area contributed by atoms with Gasteiger partial charge in [-0.15, -0.1) is 0 Å². The lowest BCUT2D eigenvalue weighted by Crippen LogP contribution is -2.30. The van der Waals surface area contributed by atoms with E-state index in [1.165, 1.54) is 18.6 Å². The summed E-state index contributed by atoms with van der Waals surface area (Å²) in [6, 6.07) is 6.49. The molecule has 1 fully saturated rings. The smallest absolute Gasteiger partial charge is 0.263 e. The first-order chi connectivity index (χ1) is 8.61. The fourth-order valence-electron chi connectivity index (χ4n) is 2.19. The first-order valence-corrected chi connectivity index (χ1v) is 6.43. The first kappa shape index (κ1) is 13.4. The molecule has 0 bridgehead atoms. The van der Waals surface area contributed by atoms with Crippen LogP contribution in [0.5, 0.6) is 0 Å². The number of rotatable bonds is 6.